The van der Waals surface area contributed by atoms with Crippen LogP contribution < -0.4 is 0 Å². The highest BCUT2D eigenvalue weighted by atomic mass is 16.3. The Labute approximate surface area is 323 Å². The standard InChI is InChI=1S/C51H34N4O/c1-4-14-33(15-5-1)34-26-28-37(29-27-34)50-52-49(36-18-8-3-9-19-36)53-51(54-50)55-44-24-11-10-20-41(44)42-23-12-22-40(48(42)55)38-30-31-43-46(32-38)56-45-25-13-21-39(47(43)45)35-16-6-2-7-17-35/h1-6,8-16,18-32H,7,17H2. The number of aromatic nitrogens is 4. The molecular weight excluding hydrogens is 685 g/mol. The van der Waals surface area contributed by atoms with Gasteiger partial charge in [-0.1, -0.05) is 158 Å². The third-order valence-electron chi connectivity index (χ3n) is 11.0. The molecule has 0 unspecified atom stereocenters. The maximum absolute atomic E-state index is 6.61. The normalized spacial score (nSPS) is 12.9. The summed E-state index contributed by atoms with van der Waals surface area (Å²) >= 11 is 0. The molecule has 0 fully saturated rings. The van der Waals surface area contributed by atoms with Crippen molar-refractivity contribution in [2.75, 3.05) is 0 Å². The summed E-state index contributed by atoms with van der Waals surface area (Å²) in [6, 6.07) is 57.1. The van der Waals surface area contributed by atoms with Gasteiger partial charge in [-0.15, -0.1) is 0 Å². The maximum Gasteiger partial charge on any atom is 0.238 e. The molecule has 0 saturated carbocycles. The molecule has 1 aliphatic carbocycles. The van der Waals surface area contributed by atoms with Gasteiger partial charge >= 0.3 is 0 Å². The average molecular weight is 719 g/mol. The first-order chi connectivity index (χ1) is 27.8. The minimum Gasteiger partial charge on any atom is -0.456 e. The summed E-state index contributed by atoms with van der Waals surface area (Å²) in [5, 5.41) is 4.54. The lowest BCUT2D eigenvalue weighted by Gasteiger charge is -2.13. The van der Waals surface area contributed by atoms with E-state index in [-0.39, 0.29) is 0 Å². The molecule has 3 aromatic heterocycles. The lowest BCUT2D eigenvalue weighted by Crippen LogP contribution is -2.07. The van der Waals surface area contributed by atoms with E-state index in [1.54, 1.807) is 0 Å². The summed E-state index contributed by atoms with van der Waals surface area (Å²) in [5.74, 6) is 1.79. The Morgan fingerprint density at radius 1 is 0.482 bits per heavy atom. The number of allylic oxidation sites excluding steroid dienone is 4. The predicted octanol–water partition coefficient (Wildman–Crippen LogP) is 13.3. The van der Waals surface area contributed by atoms with Gasteiger partial charge in [-0.3, -0.25) is 4.57 Å². The number of nitrogens with zero attached hydrogens (tertiary/aromatic N) is 4. The zero-order valence-corrected chi connectivity index (χ0v) is 30.4. The minimum absolute atomic E-state index is 0.559. The fraction of sp³-hybridized carbons (Fsp3) is 0.0392. The van der Waals surface area contributed by atoms with E-state index in [2.05, 4.69) is 150 Å². The summed E-state index contributed by atoms with van der Waals surface area (Å²) in [4.78, 5) is 15.5. The van der Waals surface area contributed by atoms with Gasteiger partial charge in [-0.2, -0.15) is 9.97 Å². The Balaban J connectivity index is 1.12. The van der Waals surface area contributed by atoms with Crippen molar-refractivity contribution < 1.29 is 4.42 Å². The van der Waals surface area contributed by atoms with Crippen molar-refractivity contribution in [1.29, 1.82) is 0 Å². The van der Waals surface area contributed by atoms with Crippen LogP contribution in [0.1, 0.15) is 18.4 Å². The van der Waals surface area contributed by atoms with Crippen LogP contribution in [0.4, 0.5) is 0 Å². The molecule has 0 atom stereocenters. The van der Waals surface area contributed by atoms with Crippen LogP contribution in [0.5, 0.6) is 0 Å². The summed E-state index contributed by atoms with van der Waals surface area (Å²) in [6.07, 6.45) is 8.71. The Morgan fingerprint density at radius 3 is 1.91 bits per heavy atom. The van der Waals surface area contributed by atoms with E-state index in [0.717, 1.165) is 79.0 Å². The van der Waals surface area contributed by atoms with Crippen molar-refractivity contribution in [1.82, 2.24) is 19.5 Å². The number of rotatable bonds is 6. The highest BCUT2D eigenvalue weighted by Gasteiger charge is 2.22. The van der Waals surface area contributed by atoms with Crippen molar-refractivity contribution >= 4 is 49.3 Å². The van der Waals surface area contributed by atoms with Crippen LogP contribution >= 0.6 is 0 Å². The Kier molecular flexibility index (Phi) is 7.56. The molecule has 7 aromatic carbocycles. The van der Waals surface area contributed by atoms with Crippen molar-refractivity contribution in [2.24, 2.45) is 0 Å². The van der Waals surface area contributed by atoms with E-state index in [9.17, 15) is 0 Å². The molecule has 3 heterocycles. The van der Waals surface area contributed by atoms with Gasteiger partial charge in [0, 0.05) is 38.2 Å². The molecule has 264 valence electrons. The predicted molar refractivity (Wildman–Crippen MR) is 230 cm³/mol. The fourth-order valence-corrected chi connectivity index (χ4v) is 8.30. The molecule has 10 aromatic rings. The van der Waals surface area contributed by atoms with Crippen LogP contribution in [0.25, 0.3) is 100 Å². The molecule has 11 rings (SSSR count). The summed E-state index contributed by atoms with van der Waals surface area (Å²) < 4.78 is 8.82. The van der Waals surface area contributed by atoms with Gasteiger partial charge in [0.25, 0.3) is 0 Å². The lowest BCUT2D eigenvalue weighted by atomic mass is 9.93. The van der Waals surface area contributed by atoms with Crippen LogP contribution in [0.15, 0.2) is 186 Å². The van der Waals surface area contributed by atoms with Crippen LogP contribution in [0.2, 0.25) is 0 Å². The van der Waals surface area contributed by atoms with E-state index in [1.807, 2.05) is 36.4 Å². The second-order valence-corrected chi connectivity index (χ2v) is 14.3. The molecule has 0 aliphatic heterocycles. The fourth-order valence-electron chi connectivity index (χ4n) is 8.30. The third kappa shape index (κ3) is 5.36. The average Bonchev–Trinajstić information content (AvgIpc) is 3.83. The number of hydrogen-bond acceptors (Lipinski definition) is 4. The summed E-state index contributed by atoms with van der Waals surface area (Å²) in [7, 11) is 0. The molecule has 0 bridgehead atoms. The van der Waals surface area contributed by atoms with Crippen LogP contribution in [0.3, 0.4) is 0 Å². The lowest BCUT2D eigenvalue weighted by molar-refractivity contribution is 0.669. The smallest absolute Gasteiger partial charge is 0.238 e. The number of benzene rings is 7. The van der Waals surface area contributed by atoms with Crippen molar-refractivity contribution in [2.45, 2.75) is 12.8 Å². The first-order valence-electron chi connectivity index (χ1n) is 19.1. The van der Waals surface area contributed by atoms with Gasteiger partial charge in [0.15, 0.2) is 11.6 Å². The molecule has 0 saturated heterocycles. The SMILES string of the molecule is C1=CCCC(c2cccc3oc4cc(-c5cccc6c7ccccc7n(-c7nc(-c8ccccc8)nc(-c8ccc(-c9ccccc9)cc8)n7)c56)ccc4c23)=C1. The maximum atomic E-state index is 6.61. The monoisotopic (exact) mass is 718 g/mol. The molecule has 0 N–H and O–H groups in total. The van der Waals surface area contributed by atoms with Crippen LogP contribution in [-0.2, 0) is 0 Å². The van der Waals surface area contributed by atoms with E-state index in [4.69, 9.17) is 19.4 Å². The Hall–Kier alpha value is -7.37. The minimum atomic E-state index is 0.559. The van der Waals surface area contributed by atoms with E-state index in [0.29, 0.717) is 17.6 Å². The van der Waals surface area contributed by atoms with Gasteiger partial charge < -0.3 is 4.42 Å². The van der Waals surface area contributed by atoms with Crippen LogP contribution in [0, 0.1) is 0 Å². The molecule has 5 heteroatoms. The summed E-state index contributed by atoms with van der Waals surface area (Å²) in [6.45, 7) is 0. The molecule has 0 spiro atoms. The summed E-state index contributed by atoms with van der Waals surface area (Å²) in [5.41, 5.74) is 12.7. The topological polar surface area (TPSA) is 56.7 Å². The Bertz CT molecular complexity index is 3170. The molecule has 0 amide bonds. The van der Waals surface area contributed by atoms with Gasteiger partial charge in [0.1, 0.15) is 11.2 Å². The van der Waals surface area contributed by atoms with Crippen LogP contribution in [-0.4, -0.2) is 19.5 Å². The highest BCUT2D eigenvalue weighted by molar-refractivity contribution is 6.15. The van der Waals surface area contributed by atoms with Gasteiger partial charge in [-0.25, -0.2) is 4.98 Å². The zero-order chi connectivity index (χ0) is 37.0. The van der Waals surface area contributed by atoms with Gasteiger partial charge in [0.05, 0.1) is 11.0 Å². The first kappa shape index (κ1) is 32.1. The second-order valence-electron chi connectivity index (χ2n) is 14.3. The quantitative estimate of drug-likeness (QED) is 0.172. The van der Waals surface area contributed by atoms with E-state index < -0.39 is 0 Å². The van der Waals surface area contributed by atoms with Gasteiger partial charge in [-0.05, 0) is 64.9 Å². The molecule has 0 radical (unpaired) electrons. The number of fused-ring (bicyclic) bond motifs is 6. The highest BCUT2D eigenvalue weighted by Crippen LogP contribution is 2.42. The van der Waals surface area contributed by atoms with Crippen molar-refractivity contribution in [3.8, 4) is 51.0 Å². The molecule has 1 aliphatic rings. The third-order valence-corrected chi connectivity index (χ3v) is 11.0. The van der Waals surface area contributed by atoms with E-state index in [1.165, 1.54) is 22.1 Å². The van der Waals surface area contributed by atoms with Crippen molar-refractivity contribution in [3.05, 3.63) is 188 Å². The van der Waals surface area contributed by atoms with Gasteiger partial charge in [0.2, 0.25) is 5.95 Å². The number of hydrogen-bond donors (Lipinski definition) is 0. The Morgan fingerprint density at radius 2 is 1.12 bits per heavy atom. The van der Waals surface area contributed by atoms with E-state index >= 15 is 0 Å². The second kappa shape index (κ2) is 13.2. The zero-order valence-electron chi connectivity index (χ0n) is 30.4. The largest absolute Gasteiger partial charge is 0.456 e. The number of para-hydroxylation sites is 2. The molecular formula is C51H34N4O. The number of furan rings is 1. The van der Waals surface area contributed by atoms with Crippen molar-refractivity contribution in [3.63, 3.8) is 0 Å². The molecule has 56 heavy (non-hydrogen) atoms. The molecule has 5 nitrogen and oxygen atoms in total. The first-order valence-corrected chi connectivity index (χ1v) is 19.1.